The quantitative estimate of drug-likeness (QED) is 0.658. The van der Waals surface area contributed by atoms with Crippen LogP contribution in [0.2, 0.25) is 5.02 Å². The van der Waals surface area contributed by atoms with Gasteiger partial charge >= 0.3 is 0 Å². The summed E-state index contributed by atoms with van der Waals surface area (Å²) in [5.41, 5.74) is 0.896. The number of nitrogens with one attached hydrogen (secondary N) is 2. The van der Waals surface area contributed by atoms with Crippen LogP contribution in [-0.2, 0) is 6.54 Å². The van der Waals surface area contributed by atoms with Gasteiger partial charge in [-0.1, -0.05) is 24.6 Å². The predicted molar refractivity (Wildman–Crippen MR) is 76.9 cm³/mol. The van der Waals surface area contributed by atoms with Crippen LogP contribution in [0.5, 0.6) is 0 Å². The van der Waals surface area contributed by atoms with E-state index in [2.05, 4.69) is 22.5 Å². The molecule has 2 unspecified atom stereocenters. The van der Waals surface area contributed by atoms with Crippen molar-refractivity contribution in [3.63, 3.8) is 0 Å². The third-order valence-corrected chi connectivity index (χ3v) is 3.47. The maximum absolute atomic E-state index is 13.0. The Balaban J connectivity index is 1.98. The summed E-state index contributed by atoms with van der Waals surface area (Å²) in [7, 11) is 0. The summed E-state index contributed by atoms with van der Waals surface area (Å²) in [6.45, 7) is 5.54. The maximum atomic E-state index is 13.0. The second kappa shape index (κ2) is 6.24. The molecule has 19 heavy (non-hydrogen) atoms. The van der Waals surface area contributed by atoms with Gasteiger partial charge in [0.05, 0.1) is 11.6 Å². The Labute approximate surface area is 118 Å². The van der Waals surface area contributed by atoms with E-state index in [1.165, 1.54) is 12.5 Å². The van der Waals surface area contributed by atoms with Gasteiger partial charge in [-0.3, -0.25) is 0 Å². The van der Waals surface area contributed by atoms with Crippen LogP contribution in [0.4, 0.5) is 4.39 Å². The van der Waals surface area contributed by atoms with E-state index in [9.17, 15) is 4.39 Å². The molecule has 0 saturated heterocycles. The number of hydrogen-bond acceptors (Lipinski definition) is 1. The molecular weight excluding hydrogens is 265 g/mol. The van der Waals surface area contributed by atoms with Gasteiger partial charge in [-0.2, -0.15) is 0 Å². The summed E-state index contributed by atoms with van der Waals surface area (Å²) in [5.74, 6) is 1.12. The summed E-state index contributed by atoms with van der Waals surface area (Å²) in [6, 6.07) is 5.21. The highest BCUT2D eigenvalue weighted by atomic mass is 35.5. The average Bonchev–Trinajstić information content (AvgIpc) is 3.06. The van der Waals surface area contributed by atoms with Crippen molar-refractivity contribution in [1.82, 2.24) is 10.6 Å². The van der Waals surface area contributed by atoms with E-state index in [-0.39, 0.29) is 5.02 Å². The summed E-state index contributed by atoms with van der Waals surface area (Å²) >= 11 is 5.75. The van der Waals surface area contributed by atoms with Crippen LogP contribution in [0.1, 0.15) is 25.8 Å². The topological polar surface area (TPSA) is 36.4 Å². The van der Waals surface area contributed by atoms with E-state index in [4.69, 9.17) is 11.6 Å². The van der Waals surface area contributed by atoms with Crippen molar-refractivity contribution in [2.45, 2.75) is 32.9 Å². The molecule has 1 saturated carbocycles. The molecule has 0 spiro atoms. The van der Waals surface area contributed by atoms with Gasteiger partial charge in [-0.25, -0.2) is 9.38 Å². The Bertz CT molecular complexity index is 476. The molecule has 1 aromatic rings. The van der Waals surface area contributed by atoms with Crippen LogP contribution in [0, 0.1) is 11.7 Å². The van der Waals surface area contributed by atoms with E-state index in [1.54, 1.807) is 12.1 Å². The van der Waals surface area contributed by atoms with Crippen LogP contribution in [0.3, 0.4) is 0 Å². The first-order chi connectivity index (χ1) is 9.10. The van der Waals surface area contributed by atoms with Crippen LogP contribution >= 0.6 is 11.6 Å². The Morgan fingerprint density at radius 1 is 1.53 bits per heavy atom. The number of aliphatic imine (C=N–C) groups is 1. The molecule has 1 aliphatic carbocycles. The average molecular weight is 284 g/mol. The Hall–Kier alpha value is -1.29. The van der Waals surface area contributed by atoms with E-state index < -0.39 is 5.82 Å². The van der Waals surface area contributed by atoms with Gasteiger partial charge in [0.25, 0.3) is 0 Å². The summed E-state index contributed by atoms with van der Waals surface area (Å²) in [4.78, 5) is 4.48. The Kier molecular flexibility index (Phi) is 4.64. The summed E-state index contributed by atoms with van der Waals surface area (Å²) < 4.78 is 13.0. The SMILES string of the molecule is CCNC(=NCc1ccc(F)c(Cl)c1)NC1CC1C. The zero-order chi connectivity index (χ0) is 13.8. The van der Waals surface area contributed by atoms with Crippen molar-refractivity contribution >= 4 is 17.6 Å². The molecule has 0 amide bonds. The number of nitrogens with zero attached hydrogens (tertiary/aromatic N) is 1. The van der Waals surface area contributed by atoms with Crippen LogP contribution in [0.15, 0.2) is 23.2 Å². The number of hydrogen-bond donors (Lipinski definition) is 2. The second-order valence-corrected chi connectivity index (χ2v) is 5.31. The third-order valence-electron chi connectivity index (χ3n) is 3.18. The Morgan fingerprint density at radius 2 is 2.26 bits per heavy atom. The molecule has 3 nitrogen and oxygen atoms in total. The molecule has 1 fully saturated rings. The van der Waals surface area contributed by atoms with Crippen molar-refractivity contribution in [3.05, 3.63) is 34.6 Å². The van der Waals surface area contributed by atoms with Gasteiger partial charge in [0.2, 0.25) is 0 Å². The fourth-order valence-electron chi connectivity index (χ4n) is 1.83. The van der Waals surface area contributed by atoms with Gasteiger partial charge in [-0.05, 0) is 37.0 Å². The number of guanidine groups is 1. The lowest BCUT2D eigenvalue weighted by atomic mass is 10.2. The van der Waals surface area contributed by atoms with Crippen molar-refractivity contribution < 1.29 is 4.39 Å². The molecule has 1 aromatic carbocycles. The third kappa shape index (κ3) is 4.10. The molecule has 0 bridgehead atoms. The smallest absolute Gasteiger partial charge is 0.191 e. The summed E-state index contributed by atoms with van der Waals surface area (Å²) in [5, 5.41) is 6.71. The van der Waals surface area contributed by atoms with Gasteiger partial charge in [-0.15, -0.1) is 0 Å². The first kappa shape index (κ1) is 14.1. The van der Waals surface area contributed by atoms with Crippen molar-refractivity contribution in [3.8, 4) is 0 Å². The largest absolute Gasteiger partial charge is 0.357 e. The molecule has 0 aliphatic heterocycles. The molecule has 104 valence electrons. The van der Waals surface area contributed by atoms with Crippen LogP contribution in [-0.4, -0.2) is 18.5 Å². The molecule has 2 N–H and O–H groups in total. The molecular formula is C14H19ClFN3. The minimum absolute atomic E-state index is 0.140. The van der Waals surface area contributed by atoms with E-state index >= 15 is 0 Å². The van der Waals surface area contributed by atoms with Crippen LogP contribution < -0.4 is 10.6 Å². The molecule has 2 atom stereocenters. The number of benzene rings is 1. The highest BCUT2D eigenvalue weighted by molar-refractivity contribution is 6.30. The molecule has 1 aliphatic rings. The Morgan fingerprint density at radius 3 is 2.84 bits per heavy atom. The minimum atomic E-state index is -0.397. The molecule has 0 heterocycles. The highest BCUT2D eigenvalue weighted by Gasteiger charge is 2.33. The molecule has 0 aromatic heterocycles. The first-order valence-electron chi connectivity index (χ1n) is 6.59. The number of rotatable bonds is 4. The molecule has 2 rings (SSSR count). The van der Waals surface area contributed by atoms with E-state index in [0.717, 1.165) is 18.1 Å². The van der Waals surface area contributed by atoms with Crippen molar-refractivity contribution in [2.24, 2.45) is 10.9 Å². The highest BCUT2D eigenvalue weighted by Crippen LogP contribution is 2.28. The fourth-order valence-corrected chi connectivity index (χ4v) is 2.03. The lowest BCUT2D eigenvalue weighted by Crippen LogP contribution is -2.39. The predicted octanol–water partition coefficient (Wildman–Crippen LogP) is 2.94. The molecule has 0 radical (unpaired) electrons. The fraction of sp³-hybridized carbons (Fsp3) is 0.500. The van der Waals surface area contributed by atoms with Crippen molar-refractivity contribution in [1.29, 1.82) is 0 Å². The second-order valence-electron chi connectivity index (χ2n) is 4.91. The van der Waals surface area contributed by atoms with Crippen LogP contribution in [0.25, 0.3) is 0 Å². The van der Waals surface area contributed by atoms with E-state index in [0.29, 0.717) is 18.5 Å². The zero-order valence-corrected chi connectivity index (χ0v) is 12.0. The molecule has 5 heteroatoms. The monoisotopic (exact) mass is 283 g/mol. The van der Waals surface area contributed by atoms with Crippen molar-refractivity contribution in [2.75, 3.05) is 6.54 Å². The van der Waals surface area contributed by atoms with E-state index in [1.807, 2.05) is 6.92 Å². The van der Waals surface area contributed by atoms with Gasteiger partial charge in [0, 0.05) is 12.6 Å². The maximum Gasteiger partial charge on any atom is 0.191 e. The lowest BCUT2D eigenvalue weighted by Gasteiger charge is -2.10. The standard InChI is InChI=1S/C14H19ClFN3/c1-3-17-14(19-13-6-9(13)2)18-8-10-4-5-12(16)11(15)7-10/h4-5,7,9,13H,3,6,8H2,1-2H3,(H2,17,18,19). The normalized spacial score (nSPS) is 22.2. The van der Waals surface area contributed by atoms with Gasteiger partial charge in [0.15, 0.2) is 5.96 Å². The van der Waals surface area contributed by atoms with Gasteiger partial charge < -0.3 is 10.6 Å². The first-order valence-corrected chi connectivity index (χ1v) is 6.96. The lowest BCUT2D eigenvalue weighted by molar-refractivity contribution is 0.627. The minimum Gasteiger partial charge on any atom is -0.357 e. The summed E-state index contributed by atoms with van der Waals surface area (Å²) in [6.07, 6.45) is 1.19. The zero-order valence-electron chi connectivity index (χ0n) is 11.2. The number of halogens is 2. The van der Waals surface area contributed by atoms with Gasteiger partial charge in [0.1, 0.15) is 5.82 Å².